The summed E-state index contributed by atoms with van der Waals surface area (Å²) in [6, 6.07) is 1.77. The number of nitrogens with zero attached hydrogens (tertiary/aromatic N) is 2. The first-order valence-electron chi connectivity index (χ1n) is 5.52. The third-order valence-electron chi connectivity index (χ3n) is 2.84. The van der Waals surface area contributed by atoms with Crippen LogP contribution in [0.25, 0.3) is 0 Å². The highest BCUT2D eigenvalue weighted by molar-refractivity contribution is 5.21. The van der Waals surface area contributed by atoms with Crippen molar-refractivity contribution >= 4 is 0 Å². The van der Waals surface area contributed by atoms with E-state index >= 15 is 0 Å². The number of nitrogens with one attached hydrogen (secondary N) is 1. The molecule has 0 radical (unpaired) electrons. The Kier molecular flexibility index (Phi) is 3.40. The molecule has 17 heavy (non-hydrogen) atoms. The lowest BCUT2D eigenvalue weighted by molar-refractivity contribution is 0.0478. The quantitative estimate of drug-likeness (QED) is 0.771. The van der Waals surface area contributed by atoms with Crippen LogP contribution < -0.4 is 11.2 Å². The minimum atomic E-state index is -0.631. The fraction of sp³-hybridized carbons (Fsp3) is 0.545. The Morgan fingerprint density at radius 3 is 3.06 bits per heavy atom. The summed E-state index contributed by atoms with van der Waals surface area (Å²) < 4.78 is 6.70. The largest absolute Gasteiger partial charge is 0.381 e. The van der Waals surface area contributed by atoms with Gasteiger partial charge < -0.3 is 4.74 Å². The van der Waals surface area contributed by atoms with E-state index in [4.69, 9.17) is 10.00 Å². The number of hydrogen-bond donors (Lipinski definition) is 1. The lowest BCUT2D eigenvalue weighted by Crippen LogP contribution is -2.34. The number of nitriles is 1. The van der Waals surface area contributed by atoms with E-state index in [0.717, 1.165) is 19.4 Å². The molecular weight excluding hydrogens is 222 g/mol. The average molecular weight is 235 g/mol. The Bertz CT molecular complexity index is 546. The van der Waals surface area contributed by atoms with E-state index in [9.17, 15) is 9.59 Å². The van der Waals surface area contributed by atoms with E-state index < -0.39 is 11.2 Å². The zero-order chi connectivity index (χ0) is 12.3. The van der Waals surface area contributed by atoms with Crippen LogP contribution in [0.5, 0.6) is 0 Å². The first-order valence-corrected chi connectivity index (χ1v) is 5.52. The topological polar surface area (TPSA) is 87.9 Å². The third kappa shape index (κ3) is 2.63. The van der Waals surface area contributed by atoms with Crippen molar-refractivity contribution in [3.8, 4) is 6.07 Å². The van der Waals surface area contributed by atoms with Crippen molar-refractivity contribution in [2.24, 2.45) is 5.92 Å². The maximum atomic E-state index is 11.5. The highest BCUT2D eigenvalue weighted by Crippen LogP contribution is 2.14. The zero-order valence-corrected chi connectivity index (χ0v) is 9.31. The summed E-state index contributed by atoms with van der Waals surface area (Å²) in [7, 11) is 0. The second kappa shape index (κ2) is 4.97. The Morgan fingerprint density at radius 2 is 2.41 bits per heavy atom. The number of rotatable bonds is 2. The van der Waals surface area contributed by atoms with Crippen LogP contribution in [0.3, 0.4) is 0 Å². The van der Waals surface area contributed by atoms with Crippen LogP contribution in [-0.4, -0.2) is 22.8 Å². The van der Waals surface area contributed by atoms with Gasteiger partial charge in [-0.2, -0.15) is 5.26 Å². The van der Waals surface area contributed by atoms with Gasteiger partial charge in [0.15, 0.2) is 0 Å². The number of aromatic amines is 1. The van der Waals surface area contributed by atoms with Crippen LogP contribution in [0.4, 0.5) is 0 Å². The maximum Gasteiger partial charge on any atom is 0.328 e. The standard InChI is InChI=1S/C11H13N3O3/c12-4-9-6-14(11(16)13-10(9)15)5-8-2-1-3-17-7-8/h6,8H,1-3,5,7H2,(H,13,15,16). The maximum absolute atomic E-state index is 11.5. The van der Waals surface area contributed by atoms with Crippen molar-refractivity contribution in [3.05, 3.63) is 32.6 Å². The highest BCUT2D eigenvalue weighted by atomic mass is 16.5. The normalized spacial score (nSPS) is 19.8. The second-order valence-corrected chi connectivity index (χ2v) is 4.15. The summed E-state index contributed by atoms with van der Waals surface area (Å²) in [6.45, 7) is 1.86. The van der Waals surface area contributed by atoms with E-state index in [-0.39, 0.29) is 11.5 Å². The molecular formula is C11H13N3O3. The average Bonchev–Trinajstić information content (AvgIpc) is 2.34. The van der Waals surface area contributed by atoms with Crippen molar-refractivity contribution in [2.45, 2.75) is 19.4 Å². The highest BCUT2D eigenvalue weighted by Gasteiger charge is 2.15. The van der Waals surface area contributed by atoms with E-state index in [1.165, 1.54) is 10.8 Å². The second-order valence-electron chi connectivity index (χ2n) is 4.15. The van der Waals surface area contributed by atoms with Crippen LogP contribution in [0, 0.1) is 17.2 Å². The van der Waals surface area contributed by atoms with Gasteiger partial charge in [0.05, 0.1) is 6.61 Å². The van der Waals surface area contributed by atoms with E-state index in [0.29, 0.717) is 13.2 Å². The van der Waals surface area contributed by atoms with E-state index in [1.54, 1.807) is 6.07 Å². The van der Waals surface area contributed by atoms with Crippen LogP contribution in [-0.2, 0) is 11.3 Å². The molecule has 0 spiro atoms. The van der Waals surface area contributed by atoms with Crippen molar-refractivity contribution in [2.75, 3.05) is 13.2 Å². The predicted octanol–water partition coefficient (Wildman–Crippen LogP) is -0.165. The third-order valence-corrected chi connectivity index (χ3v) is 2.84. The Labute approximate surface area is 97.5 Å². The molecule has 0 saturated carbocycles. The molecule has 1 aromatic rings. The minimum absolute atomic E-state index is 0.0404. The van der Waals surface area contributed by atoms with E-state index in [1.807, 2.05) is 0 Å². The zero-order valence-electron chi connectivity index (χ0n) is 9.31. The van der Waals surface area contributed by atoms with Gasteiger partial charge in [-0.15, -0.1) is 0 Å². The summed E-state index contributed by atoms with van der Waals surface area (Å²) in [6.07, 6.45) is 3.29. The number of ether oxygens (including phenoxy) is 1. The summed E-state index contributed by atoms with van der Waals surface area (Å²) in [4.78, 5) is 24.9. The fourth-order valence-electron chi connectivity index (χ4n) is 1.95. The Morgan fingerprint density at radius 1 is 1.59 bits per heavy atom. The summed E-state index contributed by atoms with van der Waals surface area (Å²) in [5.41, 5.74) is -1.14. The minimum Gasteiger partial charge on any atom is -0.381 e. The predicted molar refractivity (Wildman–Crippen MR) is 59.6 cm³/mol. The lowest BCUT2D eigenvalue weighted by Gasteiger charge is -2.22. The molecule has 6 nitrogen and oxygen atoms in total. The molecule has 2 heterocycles. The van der Waals surface area contributed by atoms with Gasteiger partial charge in [-0.3, -0.25) is 14.3 Å². The first kappa shape index (κ1) is 11.6. The smallest absolute Gasteiger partial charge is 0.328 e. The van der Waals surface area contributed by atoms with Gasteiger partial charge in [-0.25, -0.2) is 4.79 Å². The first-order chi connectivity index (χ1) is 8.20. The summed E-state index contributed by atoms with van der Waals surface area (Å²) >= 11 is 0. The van der Waals surface area contributed by atoms with Crippen molar-refractivity contribution in [1.29, 1.82) is 5.26 Å². The lowest BCUT2D eigenvalue weighted by atomic mass is 10.0. The molecule has 0 aromatic carbocycles. The molecule has 0 bridgehead atoms. The molecule has 90 valence electrons. The molecule has 1 atom stereocenters. The Hall–Kier alpha value is -1.87. The number of H-pyrrole nitrogens is 1. The SMILES string of the molecule is N#Cc1cn(CC2CCCOC2)c(=O)[nH]c1=O. The van der Waals surface area contributed by atoms with Gasteiger partial charge in [-0.05, 0) is 12.8 Å². The van der Waals surface area contributed by atoms with Crippen LogP contribution in [0.1, 0.15) is 18.4 Å². The van der Waals surface area contributed by atoms with Gasteiger partial charge in [0, 0.05) is 25.3 Å². The monoisotopic (exact) mass is 235 g/mol. The van der Waals surface area contributed by atoms with Crippen LogP contribution in [0.2, 0.25) is 0 Å². The van der Waals surface area contributed by atoms with Crippen molar-refractivity contribution in [1.82, 2.24) is 9.55 Å². The number of aromatic nitrogens is 2. The van der Waals surface area contributed by atoms with Gasteiger partial charge in [0.1, 0.15) is 11.6 Å². The summed E-state index contributed by atoms with van der Waals surface area (Å²) in [5.74, 6) is 0.263. The van der Waals surface area contributed by atoms with Gasteiger partial charge in [0.25, 0.3) is 5.56 Å². The Balaban J connectivity index is 2.23. The van der Waals surface area contributed by atoms with Gasteiger partial charge in [0.2, 0.25) is 0 Å². The molecule has 2 rings (SSSR count). The molecule has 1 aliphatic heterocycles. The van der Waals surface area contributed by atoms with Crippen molar-refractivity contribution < 1.29 is 4.74 Å². The molecule has 0 aliphatic carbocycles. The van der Waals surface area contributed by atoms with Gasteiger partial charge >= 0.3 is 5.69 Å². The molecule has 1 aromatic heterocycles. The molecule has 1 aliphatic rings. The molecule has 1 unspecified atom stereocenters. The molecule has 0 amide bonds. The molecule has 1 saturated heterocycles. The fourth-order valence-corrected chi connectivity index (χ4v) is 1.95. The summed E-state index contributed by atoms with van der Waals surface area (Å²) in [5, 5.41) is 8.73. The van der Waals surface area contributed by atoms with Crippen molar-refractivity contribution in [3.63, 3.8) is 0 Å². The van der Waals surface area contributed by atoms with Gasteiger partial charge in [-0.1, -0.05) is 0 Å². The molecule has 1 fully saturated rings. The van der Waals surface area contributed by atoms with Crippen LogP contribution in [0.15, 0.2) is 15.8 Å². The molecule has 1 N–H and O–H groups in total. The number of hydrogen-bond acceptors (Lipinski definition) is 4. The molecule has 6 heteroatoms. The van der Waals surface area contributed by atoms with Crippen LogP contribution >= 0.6 is 0 Å². The van der Waals surface area contributed by atoms with E-state index in [2.05, 4.69) is 4.98 Å².